The Hall–Kier alpha value is -0.840. The molecule has 1 N–H and O–H groups in total. The molecular weight excluding hydrogens is 292 g/mol. The first-order chi connectivity index (χ1) is 8.65. The molecule has 18 heavy (non-hydrogen) atoms. The molecule has 1 aromatic heterocycles. The molecule has 4 heteroatoms. The molecule has 1 aliphatic heterocycles. The van der Waals surface area contributed by atoms with Crippen molar-refractivity contribution in [2.75, 3.05) is 20.1 Å². The summed E-state index contributed by atoms with van der Waals surface area (Å²) in [6, 6.07) is 9.21. The lowest BCUT2D eigenvalue weighted by Gasteiger charge is -2.38. The molecule has 0 radical (unpaired) electrons. The number of rotatable bonds is 3. The van der Waals surface area contributed by atoms with Gasteiger partial charge in [0.25, 0.3) is 0 Å². The van der Waals surface area contributed by atoms with E-state index in [0.29, 0.717) is 12.1 Å². The van der Waals surface area contributed by atoms with Gasteiger partial charge in [-0.15, -0.1) is 0 Å². The number of likely N-dealkylation sites (N-methyl/N-ethyl adjacent to an activating group) is 1. The molecule has 1 saturated heterocycles. The predicted molar refractivity (Wildman–Crippen MR) is 76.7 cm³/mol. The van der Waals surface area contributed by atoms with Crippen LogP contribution in [0.25, 0.3) is 11.0 Å². The Morgan fingerprint density at radius 2 is 2.17 bits per heavy atom. The summed E-state index contributed by atoms with van der Waals surface area (Å²) in [5.74, 6) is 1.04. The van der Waals surface area contributed by atoms with E-state index in [2.05, 4.69) is 52.3 Å². The molecular formula is C14H17BrN2O. The molecule has 2 heterocycles. The summed E-state index contributed by atoms with van der Waals surface area (Å²) in [6.07, 6.45) is 0. The Morgan fingerprint density at radius 1 is 1.39 bits per heavy atom. The standard InChI is InChI=1S/C14H17BrN2O/c1-9(17(2)12-7-16-8-12)14-6-10-5-11(15)3-4-13(10)18-14/h3-6,9,12,16H,7-8H2,1-2H3. The SMILES string of the molecule is CC(c1cc2cc(Br)ccc2o1)N(C)C1CNC1. The van der Waals surface area contributed by atoms with E-state index in [1.54, 1.807) is 0 Å². The van der Waals surface area contributed by atoms with Crippen LogP contribution in [0.3, 0.4) is 0 Å². The van der Waals surface area contributed by atoms with Crippen LogP contribution in [0.2, 0.25) is 0 Å². The third kappa shape index (κ3) is 2.09. The van der Waals surface area contributed by atoms with E-state index in [1.165, 1.54) is 0 Å². The molecule has 0 spiro atoms. The molecule has 3 nitrogen and oxygen atoms in total. The van der Waals surface area contributed by atoms with Gasteiger partial charge in [0.2, 0.25) is 0 Å². The van der Waals surface area contributed by atoms with Gasteiger partial charge in [-0.1, -0.05) is 15.9 Å². The Balaban J connectivity index is 1.88. The van der Waals surface area contributed by atoms with Gasteiger partial charge in [-0.05, 0) is 38.2 Å². The molecule has 1 aromatic carbocycles. The molecule has 0 bridgehead atoms. The molecule has 0 aliphatic carbocycles. The van der Waals surface area contributed by atoms with Crippen molar-refractivity contribution in [2.24, 2.45) is 0 Å². The fraction of sp³-hybridized carbons (Fsp3) is 0.429. The topological polar surface area (TPSA) is 28.4 Å². The zero-order valence-corrected chi connectivity index (χ0v) is 12.2. The lowest BCUT2D eigenvalue weighted by atomic mass is 10.1. The predicted octanol–water partition coefficient (Wildman–Crippen LogP) is 3.16. The average molecular weight is 309 g/mol. The highest BCUT2D eigenvalue weighted by atomic mass is 79.9. The monoisotopic (exact) mass is 308 g/mol. The van der Waals surface area contributed by atoms with Crippen molar-refractivity contribution in [1.29, 1.82) is 0 Å². The summed E-state index contributed by atoms with van der Waals surface area (Å²) in [4.78, 5) is 2.38. The summed E-state index contributed by atoms with van der Waals surface area (Å²) < 4.78 is 7.03. The van der Waals surface area contributed by atoms with E-state index in [9.17, 15) is 0 Å². The zero-order valence-electron chi connectivity index (χ0n) is 10.6. The van der Waals surface area contributed by atoms with E-state index >= 15 is 0 Å². The van der Waals surface area contributed by atoms with Crippen molar-refractivity contribution in [3.8, 4) is 0 Å². The van der Waals surface area contributed by atoms with Crippen LogP contribution < -0.4 is 5.32 Å². The van der Waals surface area contributed by atoms with Gasteiger partial charge in [0.05, 0.1) is 6.04 Å². The molecule has 0 amide bonds. The molecule has 1 fully saturated rings. The minimum Gasteiger partial charge on any atom is -0.459 e. The van der Waals surface area contributed by atoms with Crippen LogP contribution in [0, 0.1) is 0 Å². The molecule has 1 atom stereocenters. The van der Waals surface area contributed by atoms with Gasteiger partial charge in [-0.2, -0.15) is 0 Å². The molecule has 1 unspecified atom stereocenters. The fourth-order valence-electron chi connectivity index (χ4n) is 2.32. The van der Waals surface area contributed by atoms with Crippen LogP contribution in [0.1, 0.15) is 18.7 Å². The van der Waals surface area contributed by atoms with Crippen LogP contribution >= 0.6 is 15.9 Å². The van der Waals surface area contributed by atoms with Crippen molar-refractivity contribution >= 4 is 26.9 Å². The average Bonchev–Trinajstić information content (AvgIpc) is 2.68. The molecule has 1 aliphatic rings. The van der Waals surface area contributed by atoms with Gasteiger partial charge < -0.3 is 9.73 Å². The fourth-order valence-corrected chi connectivity index (χ4v) is 2.70. The first kappa shape index (κ1) is 12.2. The van der Waals surface area contributed by atoms with Gasteiger partial charge in [0.15, 0.2) is 0 Å². The molecule has 0 saturated carbocycles. The maximum atomic E-state index is 5.94. The van der Waals surface area contributed by atoms with Crippen molar-refractivity contribution in [1.82, 2.24) is 10.2 Å². The van der Waals surface area contributed by atoms with Crippen molar-refractivity contribution in [2.45, 2.75) is 19.0 Å². The van der Waals surface area contributed by atoms with Crippen molar-refractivity contribution < 1.29 is 4.42 Å². The number of fused-ring (bicyclic) bond motifs is 1. The first-order valence-electron chi connectivity index (χ1n) is 6.27. The highest BCUT2D eigenvalue weighted by molar-refractivity contribution is 9.10. The lowest BCUT2D eigenvalue weighted by Crippen LogP contribution is -2.56. The summed E-state index contributed by atoms with van der Waals surface area (Å²) in [7, 11) is 2.17. The third-order valence-corrected chi connectivity index (χ3v) is 4.35. The third-order valence-electron chi connectivity index (χ3n) is 3.86. The molecule has 2 aromatic rings. The Morgan fingerprint density at radius 3 is 2.83 bits per heavy atom. The second-order valence-corrected chi connectivity index (χ2v) is 5.90. The van der Waals surface area contributed by atoms with Crippen LogP contribution in [-0.4, -0.2) is 31.1 Å². The highest BCUT2D eigenvalue weighted by Gasteiger charge is 2.27. The number of nitrogens with one attached hydrogen (secondary N) is 1. The van der Waals surface area contributed by atoms with E-state index in [-0.39, 0.29) is 0 Å². The van der Waals surface area contributed by atoms with E-state index in [4.69, 9.17) is 4.42 Å². The maximum Gasteiger partial charge on any atom is 0.134 e. The Labute approximate surface area is 115 Å². The van der Waals surface area contributed by atoms with Gasteiger partial charge in [0, 0.05) is 29.0 Å². The van der Waals surface area contributed by atoms with Crippen LogP contribution in [-0.2, 0) is 0 Å². The van der Waals surface area contributed by atoms with Crippen molar-refractivity contribution in [3.05, 3.63) is 34.5 Å². The zero-order chi connectivity index (χ0) is 12.7. The van der Waals surface area contributed by atoms with Gasteiger partial charge in [-0.3, -0.25) is 4.90 Å². The first-order valence-corrected chi connectivity index (χ1v) is 7.06. The van der Waals surface area contributed by atoms with Crippen LogP contribution in [0.4, 0.5) is 0 Å². The summed E-state index contributed by atoms with van der Waals surface area (Å²) in [6.45, 7) is 4.35. The van der Waals surface area contributed by atoms with E-state index in [0.717, 1.165) is 34.3 Å². The van der Waals surface area contributed by atoms with Gasteiger partial charge in [-0.25, -0.2) is 0 Å². The van der Waals surface area contributed by atoms with Crippen molar-refractivity contribution in [3.63, 3.8) is 0 Å². The molecule has 96 valence electrons. The number of hydrogen-bond donors (Lipinski definition) is 1. The summed E-state index contributed by atoms with van der Waals surface area (Å²) >= 11 is 3.49. The number of furan rings is 1. The summed E-state index contributed by atoms with van der Waals surface area (Å²) in [5, 5.41) is 4.46. The number of benzene rings is 1. The second kappa shape index (κ2) is 4.68. The van der Waals surface area contributed by atoms with Gasteiger partial charge >= 0.3 is 0 Å². The number of hydrogen-bond acceptors (Lipinski definition) is 3. The number of nitrogens with zero attached hydrogens (tertiary/aromatic N) is 1. The molecule has 3 rings (SSSR count). The second-order valence-electron chi connectivity index (χ2n) is 4.98. The smallest absolute Gasteiger partial charge is 0.134 e. The number of halogens is 1. The van der Waals surface area contributed by atoms with E-state index in [1.807, 2.05) is 12.1 Å². The quantitative estimate of drug-likeness (QED) is 0.944. The summed E-state index contributed by atoms with van der Waals surface area (Å²) in [5.41, 5.74) is 0.959. The van der Waals surface area contributed by atoms with Crippen LogP contribution in [0.15, 0.2) is 33.2 Å². The highest BCUT2D eigenvalue weighted by Crippen LogP contribution is 2.29. The van der Waals surface area contributed by atoms with Crippen LogP contribution in [0.5, 0.6) is 0 Å². The lowest BCUT2D eigenvalue weighted by molar-refractivity contribution is 0.124. The Bertz CT molecular complexity index is 562. The van der Waals surface area contributed by atoms with Gasteiger partial charge in [0.1, 0.15) is 11.3 Å². The Kier molecular flexibility index (Phi) is 3.18. The van der Waals surface area contributed by atoms with E-state index < -0.39 is 0 Å². The minimum absolute atomic E-state index is 0.309. The normalized spacial score (nSPS) is 18.2. The maximum absolute atomic E-state index is 5.94. The largest absolute Gasteiger partial charge is 0.459 e. The minimum atomic E-state index is 0.309.